The summed E-state index contributed by atoms with van der Waals surface area (Å²) in [5.41, 5.74) is 1.04. The van der Waals surface area contributed by atoms with Gasteiger partial charge in [-0.25, -0.2) is 0 Å². The number of hydrogen-bond donors (Lipinski definition) is 0. The van der Waals surface area contributed by atoms with Crippen LogP contribution in [0.25, 0.3) is 0 Å². The van der Waals surface area contributed by atoms with Crippen LogP contribution in [-0.2, 0) is 9.47 Å². The summed E-state index contributed by atoms with van der Waals surface area (Å²) in [4.78, 5) is 0. The summed E-state index contributed by atoms with van der Waals surface area (Å²) in [6.07, 6.45) is 13.0. The van der Waals surface area contributed by atoms with Gasteiger partial charge in [0.2, 0.25) is 0 Å². The first-order chi connectivity index (χ1) is 10.6. The van der Waals surface area contributed by atoms with E-state index < -0.39 is 0 Å². The van der Waals surface area contributed by atoms with Crippen molar-refractivity contribution in [1.29, 1.82) is 0 Å². The molecule has 9 atom stereocenters. The van der Waals surface area contributed by atoms with E-state index in [1.807, 2.05) is 7.11 Å². The van der Waals surface area contributed by atoms with Gasteiger partial charge in [-0.3, -0.25) is 0 Å². The molecule has 1 aliphatic heterocycles. The molecule has 2 heteroatoms. The SMILES string of the molecule is CO[C@H]1CCC2C3CCC4C[C@@H]5O[C@@H]5C[C@]4(C)C3CC[C@@]21C. The molecule has 1 saturated heterocycles. The zero-order valence-corrected chi connectivity index (χ0v) is 14.5. The van der Waals surface area contributed by atoms with Crippen molar-refractivity contribution >= 4 is 0 Å². The van der Waals surface area contributed by atoms with Crippen LogP contribution in [0.15, 0.2) is 0 Å². The molecule has 2 nitrogen and oxygen atoms in total. The van der Waals surface area contributed by atoms with Gasteiger partial charge in [-0.15, -0.1) is 0 Å². The first kappa shape index (κ1) is 14.3. The maximum atomic E-state index is 5.94. The fourth-order valence-electron chi connectivity index (χ4n) is 7.86. The zero-order valence-electron chi connectivity index (χ0n) is 14.5. The molecule has 0 bridgehead atoms. The average molecular weight is 304 g/mol. The highest BCUT2D eigenvalue weighted by Crippen LogP contribution is 2.67. The minimum atomic E-state index is 0.465. The highest BCUT2D eigenvalue weighted by molar-refractivity contribution is 5.12. The average Bonchev–Trinajstić information content (AvgIpc) is 3.14. The van der Waals surface area contributed by atoms with Crippen molar-refractivity contribution in [2.75, 3.05) is 7.11 Å². The van der Waals surface area contributed by atoms with E-state index in [0.29, 0.717) is 29.1 Å². The van der Waals surface area contributed by atoms with Crippen molar-refractivity contribution in [2.24, 2.45) is 34.5 Å². The Morgan fingerprint density at radius 2 is 1.73 bits per heavy atom. The summed E-state index contributed by atoms with van der Waals surface area (Å²) in [5, 5.41) is 0. The number of hydrogen-bond acceptors (Lipinski definition) is 2. The third-order valence-corrected chi connectivity index (χ3v) is 9.11. The van der Waals surface area contributed by atoms with Crippen molar-refractivity contribution in [1.82, 2.24) is 0 Å². The molecule has 0 aromatic carbocycles. The molecule has 124 valence electrons. The molecule has 5 aliphatic rings. The number of ether oxygens (including phenoxy) is 2. The van der Waals surface area contributed by atoms with Gasteiger partial charge in [0.25, 0.3) is 0 Å². The van der Waals surface area contributed by atoms with E-state index in [9.17, 15) is 0 Å². The Morgan fingerprint density at radius 3 is 2.55 bits per heavy atom. The third kappa shape index (κ3) is 1.69. The van der Waals surface area contributed by atoms with E-state index in [2.05, 4.69) is 13.8 Å². The van der Waals surface area contributed by atoms with Gasteiger partial charge in [0.15, 0.2) is 0 Å². The predicted octanol–water partition coefficient (Wildman–Crippen LogP) is 4.42. The van der Waals surface area contributed by atoms with Crippen molar-refractivity contribution in [3.63, 3.8) is 0 Å². The summed E-state index contributed by atoms with van der Waals surface area (Å²) >= 11 is 0. The summed E-state index contributed by atoms with van der Waals surface area (Å²) in [7, 11) is 1.94. The molecular weight excluding hydrogens is 272 g/mol. The molecular formula is C20H32O2. The lowest BCUT2D eigenvalue weighted by Gasteiger charge is -2.59. The number of methoxy groups -OCH3 is 1. The highest BCUT2D eigenvalue weighted by Gasteiger charge is 2.63. The van der Waals surface area contributed by atoms with E-state index in [1.54, 1.807) is 0 Å². The van der Waals surface area contributed by atoms with Crippen molar-refractivity contribution < 1.29 is 9.47 Å². The second kappa shape index (κ2) is 4.51. The van der Waals surface area contributed by atoms with Crippen LogP contribution in [0.2, 0.25) is 0 Å². The topological polar surface area (TPSA) is 21.8 Å². The van der Waals surface area contributed by atoms with Crippen LogP contribution >= 0.6 is 0 Å². The van der Waals surface area contributed by atoms with Crippen molar-refractivity contribution in [3.8, 4) is 0 Å². The minimum Gasteiger partial charge on any atom is -0.381 e. The van der Waals surface area contributed by atoms with Crippen LogP contribution < -0.4 is 0 Å². The standard InChI is InChI=1S/C20H32O2/c1-19-9-8-15-13(14(19)6-7-18(19)21-3)5-4-12-10-16-17(22-16)11-20(12,15)2/h12-18H,4-11H2,1-3H3/t12?,13?,14?,15?,16-,17+,18-,19-,20-/m0/s1. The molecule has 4 unspecified atom stereocenters. The molecule has 0 amide bonds. The van der Waals surface area contributed by atoms with Gasteiger partial charge in [-0.2, -0.15) is 0 Å². The molecule has 0 radical (unpaired) electrons. The van der Waals surface area contributed by atoms with Gasteiger partial charge >= 0.3 is 0 Å². The largest absolute Gasteiger partial charge is 0.381 e. The highest BCUT2D eigenvalue weighted by atomic mass is 16.6. The fourth-order valence-corrected chi connectivity index (χ4v) is 7.86. The first-order valence-corrected chi connectivity index (χ1v) is 9.74. The summed E-state index contributed by atoms with van der Waals surface area (Å²) in [5.74, 6) is 3.80. The first-order valence-electron chi connectivity index (χ1n) is 9.74. The monoisotopic (exact) mass is 304 g/mol. The van der Waals surface area contributed by atoms with E-state index in [4.69, 9.17) is 9.47 Å². The lowest BCUT2D eigenvalue weighted by Crippen LogP contribution is -2.54. The van der Waals surface area contributed by atoms with Gasteiger partial charge in [0.05, 0.1) is 18.3 Å². The number of fused-ring (bicyclic) bond motifs is 6. The summed E-state index contributed by atoms with van der Waals surface area (Å²) in [6, 6.07) is 0. The predicted molar refractivity (Wildman–Crippen MR) is 86.6 cm³/mol. The Kier molecular flexibility index (Phi) is 2.92. The molecule has 0 aromatic rings. The molecule has 4 aliphatic carbocycles. The molecule has 0 N–H and O–H groups in total. The van der Waals surface area contributed by atoms with Crippen LogP contribution in [0.1, 0.15) is 65.2 Å². The van der Waals surface area contributed by atoms with E-state index in [0.717, 1.165) is 23.7 Å². The maximum Gasteiger partial charge on any atom is 0.0847 e. The summed E-state index contributed by atoms with van der Waals surface area (Å²) < 4.78 is 11.8. The maximum absolute atomic E-state index is 5.94. The quantitative estimate of drug-likeness (QED) is 0.669. The Balaban J connectivity index is 1.45. The van der Waals surface area contributed by atoms with E-state index >= 15 is 0 Å². The number of epoxide rings is 1. The molecule has 22 heavy (non-hydrogen) atoms. The molecule has 4 saturated carbocycles. The van der Waals surface area contributed by atoms with Crippen molar-refractivity contribution in [3.05, 3.63) is 0 Å². The molecule has 0 aromatic heterocycles. The number of rotatable bonds is 1. The van der Waals surface area contributed by atoms with Gasteiger partial charge in [0, 0.05) is 7.11 Å². The Bertz CT molecular complexity index is 476. The fraction of sp³-hybridized carbons (Fsp3) is 1.00. The van der Waals surface area contributed by atoms with Crippen LogP contribution in [-0.4, -0.2) is 25.4 Å². The second-order valence-corrected chi connectivity index (χ2v) is 9.66. The van der Waals surface area contributed by atoms with E-state index in [-0.39, 0.29) is 0 Å². The van der Waals surface area contributed by atoms with Gasteiger partial charge in [-0.1, -0.05) is 13.8 Å². The van der Waals surface area contributed by atoms with Crippen LogP contribution in [0.4, 0.5) is 0 Å². The smallest absolute Gasteiger partial charge is 0.0847 e. The van der Waals surface area contributed by atoms with Crippen LogP contribution in [0.5, 0.6) is 0 Å². The Labute approximate surface area is 135 Å². The van der Waals surface area contributed by atoms with Gasteiger partial charge in [-0.05, 0) is 85.9 Å². The van der Waals surface area contributed by atoms with Crippen LogP contribution in [0, 0.1) is 34.5 Å². The Morgan fingerprint density at radius 1 is 0.909 bits per heavy atom. The third-order valence-electron chi connectivity index (χ3n) is 9.11. The second-order valence-electron chi connectivity index (χ2n) is 9.66. The van der Waals surface area contributed by atoms with Crippen LogP contribution in [0.3, 0.4) is 0 Å². The minimum absolute atomic E-state index is 0.465. The molecule has 5 rings (SSSR count). The van der Waals surface area contributed by atoms with Crippen molar-refractivity contribution in [2.45, 2.75) is 83.5 Å². The Hall–Kier alpha value is -0.0800. The molecule has 1 heterocycles. The lowest BCUT2D eigenvalue weighted by molar-refractivity contribution is -0.122. The lowest BCUT2D eigenvalue weighted by atomic mass is 9.45. The molecule has 5 fully saturated rings. The normalized spacial score (nSPS) is 62.6. The molecule has 0 spiro atoms. The summed E-state index contributed by atoms with van der Waals surface area (Å²) in [6.45, 7) is 5.18. The van der Waals surface area contributed by atoms with Gasteiger partial charge in [0.1, 0.15) is 0 Å². The zero-order chi connectivity index (χ0) is 15.1. The van der Waals surface area contributed by atoms with E-state index in [1.165, 1.54) is 51.4 Å². The van der Waals surface area contributed by atoms with Gasteiger partial charge < -0.3 is 9.47 Å².